The van der Waals surface area contributed by atoms with Crippen molar-refractivity contribution >= 4 is 16.7 Å². The Hall–Kier alpha value is -1.70. The largest absolute Gasteiger partial charge is 0.299 e. The lowest BCUT2D eigenvalue weighted by atomic mass is 10.0. The maximum atomic E-state index is 11.9. The van der Waals surface area contributed by atoms with Crippen molar-refractivity contribution in [1.82, 2.24) is 4.98 Å². The maximum absolute atomic E-state index is 11.9. The predicted molar refractivity (Wildman–Crippen MR) is 74.6 cm³/mol. The number of hydrogen-bond donors (Lipinski definition) is 0. The molecule has 0 fully saturated rings. The minimum atomic E-state index is 0.274. The van der Waals surface area contributed by atoms with Crippen molar-refractivity contribution in [2.75, 3.05) is 0 Å². The minimum Gasteiger partial charge on any atom is -0.299 e. The Bertz CT molecular complexity index is 572. The summed E-state index contributed by atoms with van der Waals surface area (Å²) < 4.78 is 0. The average molecular weight is 241 g/mol. The first kappa shape index (κ1) is 12.7. The number of rotatable bonds is 4. The van der Waals surface area contributed by atoms with Gasteiger partial charge in [0.25, 0.3) is 0 Å². The molecule has 2 rings (SSSR count). The van der Waals surface area contributed by atoms with Gasteiger partial charge in [0.15, 0.2) is 0 Å². The summed E-state index contributed by atoms with van der Waals surface area (Å²) in [6, 6.07) is 10.1. The van der Waals surface area contributed by atoms with E-state index < -0.39 is 0 Å². The predicted octanol–water partition coefficient (Wildman–Crippen LogP) is 3.70. The van der Waals surface area contributed by atoms with E-state index in [1.54, 1.807) is 0 Å². The van der Waals surface area contributed by atoms with E-state index in [0.717, 1.165) is 22.2 Å². The van der Waals surface area contributed by atoms with Crippen LogP contribution in [0.15, 0.2) is 30.3 Å². The van der Waals surface area contributed by atoms with E-state index in [1.807, 2.05) is 25.1 Å². The van der Waals surface area contributed by atoms with Crippen LogP contribution in [0.3, 0.4) is 0 Å². The van der Waals surface area contributed by atoms with E-state index in [1.165, 1.54) is 0 Å². The summed E-state index contributed by atoms with van der Waals surface area (Å²) in [6.07, 6.45) is 1.09. The number of fused-ring (bicyclic) bond motifs is 1. The van der Waals surface area contributed by atoms with Gasteiger partial charge in [-0.3, -0.25) is 9.78 Å². The van der Waals surface area contributed by atoms with Gasteiger partial charge in [0, 0.05) is 18.2 Å². The smallest absolute Gasteiger partial charge is 0.139 e. The standard InChI is InChI=1S/C16H19NO/c1-11(2)8-14(18)10-16-12(3)9-13-6-4-5-7-15(13)17-16/h4-7,9,11H,8,10H2,1-3H3. The Kier molecular flexibility index (Phi) is 3.75. The van der Waals surface area contributed by atoms with Crippen LogP contribution >= 0.6 is 0 Å². The van der Waals surface area contributed by atoms with E-state index in [9.17, 15) is 4.79 Å². The molecule has 2 heteroatoms. The second-order valence-electron chi connectivity index (χ2n) is 5.26. The molecule has 0 spiro atoms. The fourth-order valence-corrected chi connectivity index (χ4v) is 2.15. The van der Waals surface area contributed by atoms with Crippen molar-refractivity contribution in [2.45, 2.75) is 33.6 Å². The first-order valence-corrected chi connectivity index (χ1v) is 6.43. The molecular weight excluding hydrogens is 222 g/mol. The van der Waals surface area contributed by atoms with Gasteiger partial charge in [0.05, 0.1) is 11.2 Å². The summed E-state index contributed by atoms with van der Waals surface area (Å²) in [5.74, 6) is 0.689. The molecular formula is C16H19NO. The zero-order chi connectivity index (χ0) is 13.1. The van der Waals surface area contributed by atoms with Gasteiger partial charge in [-0.2, -0.15) is 0 Å². The van der Waals surface area contributed by atoms with E-state index in [0.29, 0.717) is 18.8 Å². The lowest BCUT2D eigenvalue weighted by Crippen LogP contribution is -2.09. The van der Waals surface area contributed by atoms with Gasteiger partial charge >= 0.3 is 0 Å². The molecule has 0 bridgehead atoms. The first-order valence-electron chi connectivity index (χ1n) is 6.43. The van der Waals surface area contributed by atoms with Crippen LogP contribution < -0.4 is 0 Å². The molecule has 2 aromatic rings. The lowest BCUT2D eigenvalue weighted by molar-refractivity contribution is -0.119. The van der Waals surface area contributed by atoms with Crippen LogP contribution in [0.4, 0.5) is 0 Å². The van der Waals surface area contributed by atoms with Crippen LogP contribution in [0.25, 0.3) is 10.9 Å². The monoisotopic (exact) mass is 241 g/mol. The maximum Gasteiger partial charge on any atom is 0.139 e. The summed E-state index contributed by atoms with van der Waals surface area (Å²) in [7, 11) is 0. The zero-order valence-electron chi connectivity index (χ0n) is 11.2. The quantitative estimate of drug-likeness (QED) is 0.817. The Morgan fingerprint density at radius 3 is 2.72 bits per heavy atom. The second kappa shape index (κ2) is 5.30. The molecule has 0 radical (unpaired) electrons. The molecule has 0 aliphatic carbocycles. The molecule has 1 aromatic carbocycles. The third kappa shape index (κ3) is 2.95. The molecule has 0 aliphatic rings. The van der Waals surface area contributed by atoms with Crippen LogP contribution in [-0.2, 0) is 11.2 Å². The molecule has 0 unspecified atom stereocenters. The number of carbonyl (C=O) groups excluding carboxylic acids is 1. The summed E-state index contributed by atoms with van der Waals surface area (Å²) in [4.78, 5) is 16.5. The van der Waals surface area contributed by atoms with Crippen LogP contribution in [0.1, 0.15) is 31.5 Å². The number of ketones is 1. The molecule has 2 nitrogen and oxygen atoms in total. The molecule has 1 aromatic heterocycles. The summed E-state index contributed by atoms with van der Waals surface area (Å²) >= 11 is 0. The number of aryl methyl sites for hydroxylation is 1. The molecule has 94 valence electrons. The summed E-state index contributed by atoms with van der Waals surface area (Å²) in [5, 5.41) is 1.13. The van der Waals surface area contributed by atoms with Gasteiger partial charge < -0.3 is 0 Å². The highest BCUT2D eigenvalue weighted by Gasteiger charge is 2.10. The number of hydrogen-bond acceptors (Lipinski definition) is 2. The van der Waals surface area contributed by atoms with Crippen LogP contribution in [0.2, 0.25) is 0 Å². The lowest BCUT2D eigenvalue weighted by Gasteiger charge is -2.08. The summed E-state index contributed by atoms with van der Waals surface area (Å²) in [6.45, 7) is 6.16. The molecule has 0 amide bonds. The number of aromatic nitrogens is 1. The van der Waals surface area contributed by atoms with E-state index >= 15 is 0 Å². The number of benzene rings is 1. The number of carbonyl (C=O) groups is 1. The van der Waals surface area contributed by atoms with Gasteiger partial charge in [0.2, 0.25) is 0 Å². The normalized spacial score (nSPS) is 11.1. The van der Waals surface area contributed by atoms with Gasteiger partial charge in [-0.1, -0.05) is 32.0 Å². The molecule has 0 saturated carbocycles. The second-order valence-corrected chi connectivity index (χ2v) is 5.26. The average Bonchev–Trinajstić information content (AvgIpc) is 2.29. The van der Waals surface area contributed by atoms with Crippen molar-refractivity contribution in [3.05, 3.63) is 41.6 Å². The SMILES string of the molecule is Cc1cc2ccccc2nc1CC(=O)CC(C)C. The highest BCUT2D eigenvalue weighted by atomic mass is 16.1. The first-order chi connectivity index (χ1) is 8.56. The number of pyridine rings is 1. The fourth-order valence-electron chi connectivity index (χ4n) is 2.15. The zero-order valence-corrected chi connectivity index (χ0v) is 11.2. The number of nitrogens with zero attached hydrogens (tertiary/aromatic N) is 1. The number of Topliss-reactive ketones (excluding diaryl/α,β-unsaturated/α-hetero) is 1. The molecule has 0 saturated heterocycles. The van der Waals surface area contributed by atoms with Crippen molar-refractivity contribution in [3.8, 4) is 0 Å². The third-order valence-electron chi connectivity index (χ3n) is 3.02. The van der Waals surface area contributed by atoms with Crippen molar-refractivity contribution in [1.29, 1.82) is 0 Å². The van der Waals surface area contributed by atoms with Gasteiger partial charge in [0.1, 0.15) is 5.78 Å². The van der Waals surface area contributed by atoms with E-state index in [2.05, 4.69) is 31.0 Å². The molecule has 0 atom stereocenters. The van der Waals surface area contributed by atoms with Crippen LogP contribution in [0.5, 0.6) is 0 Å². The minimum absolute atomic E-state index is 0.274. The third-order valence-corrected chi connectivity index (χ3v) is 3.02. The van der Waals surface area contributed by atoms with Crippen LogP contribution in [-0.4, -0.2) is 10.8 Å². The highest BCUT2D eigenvalue weighted by molar-refractivity contribution is 5.83. The van der Waals surface area contributed by atoms with Crippen molar-refractivity contribution in [3.63, 3.8) is 0 Å². The number of para-hydroxylation sites is 1. The Balaban J connectivity index is 2.28. The van der Waals surface area contributed by atoms with Gasteiger partial charge in [-0.15, -0.1) is 0 Å². The van der Waals surface area contributed by atoms with Crippen molar-refractivity contribution < 1.29 is 4.79 Å². The van der Waals surface area contributed by atoms with Gasteiger partial charge in [-0.05, 0) is 30.5 Å². The Morgan fingerprint density at radius 2 is 2.00 bits per heavy atom. The summed E-state index contributed by atoms with van der Waals surface area (Å²) in [5.41, 5.74) is 2.99. The Morgan fingerprint density at radius 1 is 1.28 bits per heavy atom. The van der Waals surface area contributed by atoms with E-state index in [-0.39, 0.29) is 5.78 Å². The molecule has 0 N–H and O–H groups in total. The van der Waals surface area contributed by atoms with Gasteiger partial charge in [-0.25, -0.2) is 0 Å². The fraction of sp³-hybridized carbons (Fsp3) is 0.375. The highest BCUT2D eigenvalue weighted by Crippen LogP contribution is 2.17. The molecule has 0 aliphatic heterocycles. The van der Waals surface area contributed by atoms with Crippen molar-refractivity contribution in [2.24, 2.45) is 5.92 Å². The Labute approximate surface area is 108 Å². The topological polar surface area (TPSA) is 30.0 Å². The van der Waals surface area contributed by atoms with Crippen LogP contribution in [0, 0.1) is 12.8 Å². The molecule has 18 heavy (non-hydrogen) atoms. The molecule has 1 heterocycles. The van der Waals surface area contributed by atoms with E-state index in [4.69, 9.17) is 0 Å².